The van der Waals surface area contributed by atoms with Crippen LogP contribution in [0.15, 0.2) is 18.5 Å². The van der Waals surface area contributed by atoms with Crippen LogP contribution in [0.25, 0.3) is 5.70 Å². The molecule has 2 bridgehead atoms. The Morgan fingerprint density at radius 1 is 1.56 bits per heavy atom. The van der Waals surface area contributed by atoms with Crippen molar-refractivity contribution in [2.45, 2.75) is 6.04 Å². The van der Waals surface area contributed by atoms with Gasteiger partial charge in [-0.15, -0.1) is 0 Å². The van der Waals surface area contributed by atoms with Crippen LogP contribution >= 0.6 is 12.8 Å². The van der Waals surface area contributed by atoms with E-state index in [-0.39, 0.29) is 17.9 Å². The number of halogens is 1. The molecule has 0 saturated carbocycles. The van der Waals surface area contributed by atoms with Crippen molar-refractivity contribution in [3.05, 3.63) is 24.3 Å². The molecule has 0 N–H and O–H groups in total. The SMILES string of the molecule is O=C1N2CC(n3cc(F)cn3)=CC(C2)N1S. The molecule has 1 atom stereocenters. The zero-order valence-corrected chi connectivity index (χ0v) is 9.14. The highest BCUT2D eigenvalue weighted by Crippen LogP contribution is 2.27. The van der Waals surface area contributed by atoms with Crippen LogP contribution < -0.4 is 0 Å². The quantitative estimate of drug-likeness (QED) is 0.739. The van der Waals surface area contributed by atoms with Crippen LogP contribution in [0.2, 0.25) is 0 Å². The molecule has 2 aliphatic heterocycles. The monoisotopic (exact) mass is 240 g/mol. The number of carbonyl (C=O) groups excluding carboxylic acids is 1. The van der Waals surface area contributed by atoms with E-state index in [1.54, 1.807) is 4.90 Å². The van der Waals surface area contributed by atoms with Crippen molar-refractivity contribution < 1.29 is 9.18 Å². The summed E-state index contributed by atoms with van der Waals surface area (Å²) in [4.78, 5) is 13.3. The standard InChI is InChI=1S/C9H9FN4OS/c10-6-2-11-13(3-6)7-1-8-5-12(4-7)9(15)14(8)16/h1-3,8,16H,4-5H2. The molecule has 1 aromatic heterocycles. The van der Waals surface area contributed by atoms with Crippen molar-refractivity contribution in [3.63, 3.8) is 0 Å². The number of urea groups is 1. The summed E-state index contributed by atoms with van der Waals surface area (Å²) in [5, 5.41) is 3.88. The topological polar surface area (TPSA) is 41.4 Å². The second-order valence-electron chi connectivity index (χ2n) is 3.84. The fourth-order valence-electron chi connectivity index (χ4n) is 2.00. The van der Waals surface area contributed by atoms with Gasteiger partial charge in [-0.1, -0.05) is 12.8 Å². The number of hydrogen-bond donors (Lipinski definition) is 1. The van der Waals surface area contributed by atoms with Gasteiger partial charge in [0.05, 0.1) is 30.7 Å². The van der Waals surface area contributed by atoms with Crippen molar-refractivity contribution in [3.8, 4) is 0 Å². The van der Waals surface area contributed by atoms with Gasteiger partial charge in [-0.25, -0.2) is 13.9 Å². The summed E-state index contributed by atoms with van der Waals surface area (Å²) >= 11 is 4.11. The molecule has 1 saturated heterocycles. The average Bonchev–Trinajstić information content (AvgIpc) is 2.79. The van der Waals surface area contributed by atoms with Gasteiger partial charge >= 0.3 is 6.03 Å². The van der Waals surface area contributed by atoms with Crippen LogP contribution in [-0.2, 0) is 0 Å². The van der Waals surface area contributed by atoms with E-state index in [4.69, 9.17) is 0 Å². The van der Waals surface area contributed by atoms with E-state index in [1.165, 1.54) is 15.2 Å². The summed E-state index contributed by atoms with van der Waals surface area (Å²) < 4.78 is 15.7. The van der Waals surface area contributed by atoms with E-state index >= 15 is 0 Å². The Hall–Kier alpha value is -1.50. The smallest absolute Gasteiger partial charge is 0.316 e. The summed E-state index contributed by atoms with van der Waals surface area (Å²) in [5.74, 6) is -0.386. The molecule has 84 valence electrons. The third kappa shape index (κ3) is 1.31. The first-order valence-corrected chi connectivity index (χ1v) is 5.23. The zero-order valence-electron chi connectivity index (χ0n) is 8.25. The molecular formula is C9H9FN4OS. The number of rotatable bonds is 1. The molecule has 1 fully saturated rings. The summed E-state index contributed by atoms with van der Waals surface area (Å²) in [6.45, 7) is 1.07. The molecule has 1 aromatic rings. The van der Waals surface area contributed by atoms with Crippen LogP contribution in [0.4, 0.5) is 9.18 Å². The highest BCUT2D eigenvalue weighted by atomic mass is 32.1. The Balaban J connectivity index is 1.95. The van der Waals surface area contributed by atoms with Gasteiger partial charge in [-0.2, -0.15) is 5.10 Å². The third-order valence-corrected chi connectivity index (χ3v) is 3.24. The number of thiol groups is 1. The number of aromatic nitrogens is 2. The van der Waals surface area contributed by atoms with Gasteiger partial charge in [0.1, 0.15) is 0 Å². The lowest BCUT2D eigenvalue weighted by Crippen LogP contribution is -2.31. The minimum Gasteiger partial charge on any atom is -0.316 e. The number of amides is 2. The summed E-state index contributed by atoms with van der Waals surface area (Å²) in [6.07, 6.45) is 4.33. The number of carbonyl (C=O) groups is 1. The summed E-state index contributed by atoms with van der Waals surface area (Å²) in [7, 11) is 0. The fourth-order valence-corrected chi connectivity index (χ4v) is 2.27. The maximum absolute atomic E-state index is 12.8. The Morgan fingerprint density at radius 2 is 2.38 bits per heavy atom. The molecule has 3 heterocycles. The van der Waals surface area contributed by atoms with Gasteiger partial charge in [-0.05, 0) is 6.08 Å². The predicted molar refractivity (Wildman–Crippen MR) is 58.0 cm³/mol. The lowest BCUT2D eigenvalue weighted by molar-refractivity contribution is 0.213. The molecule has 0 spiro atoms. The molecule has 0 aromatic carbocycles. The second kappa shape index (κ2) is 3.24. The third-order valence-electron chi connectivity index (χ3n) is 2.77. The Labute approximate surface area is 96.7 Å². The normalized spacial score (nSPS) is 24.0. The summed E-state index contributed by atoms with van der Waals surface area (Å²) in [5.41, 5.74) is 0.796. The average molecular weight is 240 g/mol. The summed E-state index contributed by atoms with van der Waals surface area (Å²) in [6, 6.07) is -0.181. The second-order valence-corrected chi connectivity index (χ2v) is 4.27. The molecule has 0 radical (unpaired) electrons. The van der Waals surface area contributed by atoms with E-state index in [1.807, 2.05) is 6.08 Å². The van der Waals surface area contributed by atoms with E-state index < -0.39 is 0 Å². The first kappa shape index (κ1) is 9.71. The lowest BCUT2D eigenvalue weighted by Gasteiger charge is -2.20. The van der Waals surface area contributed by atoms with Gasteiger partial charge in [0, 0.05) is 6.54 Å². The number of hydrogen-bond acceptors (Lipinski definition) is 3. The molecule has 16 heavy (non-hydrogen) atoms. The van der Waals surface area contributed by atoms with Gasteiger partial charge in [0.25, 0.3) is 0 Å². The van der Waals surface area contributed by atoms with E-state index in [2.05, 4.69) is 17.9 Å². The molecule has 0 aliphatic carbocycles. The molecule has 3 rings (SSSR count). The van der Waals surface area contributed by atoms with Gasteiger partial charge in [-0.3, -0.25) is 4.31 Å². The van der Waals surface area contributed by atoms with Crippen molar-refractivity contribution in [1.29, 1.82) is 0 Å². The van der Waals surface area contributed by atoms with Crippen LogP contribution in [0.1, 0.15) is 0 Å². The molecule has 1 unspecified atom stereocenters. The van der Waals surface area contributed by atoms with Crippen LogP contribution in [0.5, 0.6) is 0 Å². The predicted octanol–water partition coefficient (Wildman–Crippen LogP) is 0.828. The van der Waals surface area contributed by atoms with Crippen LogP contribution in [0.3, 0.4) is 0 Å². The molecule has 2 amide bonds. The molecule has 2 aliphatic rings. The van der Waals surface area contributed by atoms with Gasteiger partial charge < -0.3 is 4.90 Å². The fraction of sp³-hybridized carbons (Fsp3) is 0.333. The minimum atomic E-state index is -0.386. The van der Waals surface area contributed by atoms with Crippen molar-refractivity contribution in [1.82, 2.24) is 19.0 Å². The first-order chi connectivity index (χ1) is 7.65. The minimum absolute atomic E-state index is 0.0631. The van der Waals surface area contributed by atoms with Crippen molar-refractivity contribution in [2.75, 3.05) is 13.1 Å². The van der Waals surface area contributed by atoms with Crippen molar-refractivity contribution in [2.24, 2.45) is 0 Å². The largest absolute Gasteiger partial charge is 0.330 e. The molecular weight excluding hydrogens is 231 g/mol. The zero-order chi connectivity index (χ0) is 11.3. The Kier molecular flexibility index (Phi) is 1.97. The van der Waals surface area contributed by atoms with Crippen LogP contribution in [0, 0.1) is 5.82 Å². The maximum atomic E-state index is 12.8. The van der Waals surface area contributed by atoms with Gasteiger partial charge in [0.2, 0.25) is 0 Å². The number of nitrogens with zero attached hydrogens (tertiary/aromatic N) is 4. The number of fused-ring (bicyclic) bond motifs is 2. The Morgan fingerprint density at radius 3 is 3.00 bits per heavy atom. The highest BCUT2D eigenvalue weighted by Gasteiger charge is 2.38. The Bertz CT molecular complexity index is 486. The van der Waals surface area contributed by atoms with Crippen LogP contribution in [-0.4, -0.2) is 44.1 Å². The highest BCUT2D eigenvalue weighted by molar-refractivity contribution is 7.78. The van der Waals surface area contributed by atoms with E-state index in [9.17, 15) is 9.18 Å². The first-order valence-electron chi connectivity index (χ1n) is 4.83. The van der Waals surface area contributed by atoms with Gasteiger partial charge in [0.15, 0.2) is 5.82 Å². The molecule has 7 heteroatoms. The van der Waals surface area contributed by atoms with Crippen molar-refractivity contribution >= 4 is 24.5 Å². The van der Waals surface area contributed by atoms with E-state index in [0.29, 0.717) is 13.1 Å². The lowest BCUT2D eigenvalue weighted by atomic mass is 10.2. The molecule has 5 nitrogen and oxygen atoms in total. The maximum Gasteiger partial charge on any atom is 0.330 e. The van der Waals surface area contributed by atoms with E-state index in [0.717, 1.165) is 11.9 Å².